The second-order valence-corrected chi connectivity index (χ2v) is 12.7. The topological polar surface area (TPSA) is 84.7 Å². The van der Waals surface area contributed by atoms with Crippen molar-refractivity contribution >= 4 is 33.1 Å². The number of likely N-dealkylation sites (N-methyl/N-ethyl adjacent to an activating group) is 1. The van der Waals surface area contributed by atoms with Crippen molar-refractivity contribution in [1.82, 2.24) is 30.4 Å². The van der Waals surface area contributed by atoms with Crippen molar-refractivity contribution in [3.05, 3.63) is 109 Å². The van der Waals surface area contributed by atoms with Gasteiger partial charge in [0.15, 0.2) is 0 Å². The Hall–Kier alpha value is -4.95. The molecule has 1 aliphatic carbocycles. The predicted molar refractivity (Wildman–Crippen MR) is 194 cm³/mol. The number of hydrogen-bond acceptors (Lipinski definition) is 5. The minimum absolute atomic E-state index is 0.296. The zero-order valence-electron chi connectivity index (χ0n) is 27.6. The Labute approximate surface area is 276 Å². The summed E-state index contributed by atoms with van der Waals surface area (Å²) in [6, 6.07) is 13.5. The van der Waals surface area contributed by atoms with Gasteiger partial charge >= 0.3 is 0 Å². The summed E-state index contributed by atoms with van der Waals surface area (Å²) in [6.45, 7) is 12.0. The lowest BCUT2D eigenvalue weighted by molar-refractivity contribution is 0.393. The zero-order valence-corrected chi connectivity index (χ0v) is 27.6. The Morgan fingerprint density at radius 3 is 2.64 bits per heavy atom. The molecule has 2 aromatic carbocycles. The molecule has 1 saturated carbocycles. The zero-order chi connectivity index (χ0) is 32.9. The summed E-state index contributed by atoms with van der Waals surface area (Å²) in [4.78, 5) is 10.1. The summed E-state index contributed by atoms with van der Waals surface area (Å²) in [6.07, 6.45) is 15.9. The summed E-state index contributed by atoms with van der Waals surface area (Å²) < 4.78 is 14.8. The van der Waals surface area contributed by atoms with E-state index >= 15 is 0 Å². The quantitative estimate of drug-likeness (QED) is 0.104. The molecule has 1 aliphatic rings. The van der Waals surface area contributed by atoms with Crippen LogP contribution in [0.25, 0.3) is 49.9 Å². The average Bonchev–Trinajstić information content (AvgIpc) is 3.70. The maximum atomic E-state index is 14.8. The number of halogens is 1. The highest BCUT2D eigenvalue weighted by molar-refractivity contribution is 6.01. The molecular weight excluding hydrogens is 585 g/mol. The number of pyridine rings is 1. The molecule has 6 rings (SSSR count). The van der Waals surface area contributed by atoms with Gasteiger partial charge in [0.05, 0.1) is 22.9 Å². The lowest BCUT2D eigenvalue weighted by atomic mass is 9.87. The highest BCUT2D eigenvalue weighted by Gasteiger charge is 2.18. The van der Waals surface area contributed by atoms with E-state index in [-0.39, 0.29) is 5.82 Å². The molecule has 47 heavy (non-hydrogen) atoms. The van der Waals surface area contributed by atoms with Crippen LogP contribution in [0.1, 0.15) is 44.6 Å². The number of aromatic amines is 2. The minimum Gasteiger partial charge on any atom is -0.384 e. The largest absolute Gasteiger partial charge is 0.384 e. The van der Waals surface area contributed by atoms with E-state index in [0.717, 1.165) is 79.1 Å². The minimum atomic E-state index is -0.296. The van der Waals surface area contributed by atoms with Crippen LogP contribution in [0.2, 0.25) is 0 Å². The summed E-state index contributed by atoms with van der Waals surface area (Å²) >= 11 is 0. The van der Waals surface area contributed by atoms with E-state index in [9.17, 15) is 4.39 Å². The van der Waals surface area contributed by atoms with Gasteiger partial charge < -0.3 is 20.5 Å². The van der Waals surface area contributed by atoms with Crippen LogP contribution in [0.3, 0.4) is 0 Å². The first-order valence-corrected chi connectivity index (χ1v) is 16.4. The number of H-pyrrole nitrogens is 2. The van der Waals surface area contributed by atoms with Crippen LogP contribution >= 0.6 is 0 Å². The second-order valence-electron chi connectivity index (χ2n) is 12.7. The highest BCUT2D eigenvalue weighted by Crippen LogP contribution is 2.36. The SMILES string of the molecule is C=C/C(=C\C(=C/C)c1ccc2[nH]nc(-c3cc4c(-c5cc(F)cc(NCCN(C)C)c5)cncc4[nH]3)c2c1)NC(=C)C1CCCCC1. The number of benzene rings is 2. The molecule has 3 heterocycles. The molecule has 0 amide bonds. The molecule has 0 bridgehead atoms. The Morgan fingerprint density at radius 2 is 1.87 bits per heavy atom. The fraction of sp³-hybridized carbons (Fsp3) is 0.282. The summed E-state index contributed by atoms with van der Waals surface area (Å²) in [5.41, 5.74) is 9.95. The van der Waals surface area contributed by atoms with E-state index in [2.05, 4.69) is 80.2 Å². The molecule has 0 atom stereocenters. The van der Waals surface area contributed by atoms with Crippen LogP contribution in [0, 0.1) is 11.7 Å². The first-order chi connectivity index (χ1) is 22.8. The number of hydrogen-bond donors (Lipinski definition) is 4. The van der Waals surface area contributed by atoms with Gasteiger partial charge in [0, 0.05) is 52.7 Å². The van der Waals surface area contributed by atoms with Crippen LogP contribution in [0.4, 0.5) is 10.1 Å². The number of nitrogens with zero attached hydrogens (tertiary/aromatic N) is 3. The van der Waals surface area contributed by atoms with Gasteiger partial charge in [-0.2, -0.15) is 5.10 Å². The first-order valence-electron chi connectivity index (χ1n) is 16.4. The monoisotopic (exact) mass is 629 g/mol. The highest BCUT2D eigenvalue weighted by atomic mass is 19.1. The van der Waals surface area contributed by atoms with E-state index in [1.807, 2.05) is 33.2 Å². The molecule has 8 heteroatoms. The normalized spacial score (nSPS) is 14.7. The van der Waals surface area contributed by atoms with Gasteiger partial charge in [0.2, 0.25) is 0 Å². The standard InChI is InChI=1S/C39H44FN7/c1-6-26(18-31(7-2)43-25(3)27-11-9-8-10-12-27)28-13-14-36-34(20-28)39(46-45-36)37-22-33-35(23-41-24-38(33)44-37)29-17-30(40)21-32(19-29)42-15-16-47(4)5/h6-7,13-14,17-24,27,42-44H,2-3,8-12,15-16H2,1,4-5H3,(H,45,46)/b26-6+,31-18+. The lowest BCUT2D eigenvalue weighted by Crippen LogP contribution is -2.20. The van der Waals surface area contributed by atoms with Crippen molar-refractivity contribution in [3.8, 4) is 22.5 Å². The van der Waals surface area contributed by atoms with E-state index < -0.39 is 0 Å². The molecule has 5 aromatic rings. The van der Waals surface area contributed by atoms with Gasteiger partial charge in [-0.15, -0.1) is 0 Å². The summed E-state index contributed by atoms with van der Waals surface area (Å²) in [5.74, 6) is 0.209. The number of anilines is 1. The maximum absolute atomic E-state index is 14.8. The lowest BCUT2D eigenvalue weighted by Gasteiger charge is -2.25. The van der Waals surface area contributed by atoms with E-state index in [1.54, 1.807) is 18.5 Å². The Bertz CT molecular complexity index is 1970. The third kappa shape index (κ3) is 7.23. The fourth-order valence-electron chi connectivity index (χ4n) is 6.46. The Morgan fingerprint density at radius 1 is 1.04 bits per heavy atom. The average molecular weight is 630 g/mol. The van der Waals surface area contributed by atoms with Gasteiger partial charge in [-0.05, 0) is 105 Å². The number of aromatic nitrogens is 4. The smallest absolute Gasteiger partial charge is 0.125 e. The third-order valence-corrected chi connectivity index (χ3v) is 9.04. The van der Waals surface area contributed by atoms with E-state index in [4.69, 9.17) is 5.10 Å². The molecule has 0 unspecified atom stereocenters. The van der Waals surface area contributed by atoms with Gasteiger partial charge in [-0.1, -0.05) is 44.6 Å². The van der Waals surface area contributed by atoms with Crippen LogP contribution < -0.4 is 10.6 Å². The van der Waals surface area contributed by atoms with Crippen LogP contribution in [0.15, 0.2) is 97.6 Å². The van der Waals surface area contributed by atoms with Gasteiger partial charge in [0.1, 0.15) is 11.5 Å². The van der Waals surface area contributed by atoms with Crippen LogP contribution in [-0.4, -0.2) is 52.3 Å². The predicted octanol–water partition coefficient (Wildman–Crippen LogP) is 9.04. The van der Waals surface area contributed by atoms with Crippen molar-refractivity contribution < 1.29 is 4.39 Å². The van der Waals surface area contributed by atoms with Crippen molar-refractivity contribution in [1.29, 1.82) is 0 Å². The third-order valence-electron chi connectivity index (χ3n) is 9.04. The molecule has 242 valence electrons. The van der Waals surface area contributed by atoms with Gasteiger partial charge in [0.25, 0.3) is 0 Å². The van der Waals surface area contributed by atoms with Gasteiger partial charge in [-0.3, -0.25) is 10.1 Å². The van der Waals surface area contributed by atoms with E-state index in [0.29, 0.717) is 12.5 Å². The number of allylic oxidation sites excluding steroid dienone is 5. The molecular formula is C39H44FN7. The molecule has 1 fully saturated rings. The molecule has 0 spiro atoms. The Balaban J connectivity index is 1.31. The molecule has 0 radical (unpaired) electrons. The van der Waals surface area contributed by atoms with E-state index in [1.165, 1.54) is 38.2 Å². The summed E-state index contributed by atoms with van der Waals surface area (Å²) in [7, 11) is 4.03. The molecule has 0 aliphatic heterocycles. The molecule has 0 saturated heterocycles. The molecule has 7 nitrogen and oxygen atoms in total. The van der Waals surface area contributed by atoms with Crippen molar-refractivity contribution in [2.75, 3.05) is 32.5 Å². The second kappa shape index (κ2) is 14.2. The molecule has 4 N–H and O–H groups in total. The van der Waals surface area contributed by atoms with Crippen LogP contribution in [-0.2, 0) is 0 Å². The number of rotatable bonds is 12. The van der Waals surface area contributed by atoms with Crippen molar-refractivity contribution in [2.24, 2.45) is 5.92 Å². The van der Waals surface area contributed by atoms with Crippen molar-refractivity contribution in [3.63, 3.8) is 0 Å². The first kappa shape index (κ1) is 32.0. The summed E-state index contributed by atoms with van der Waals surface area (Å²) in [5, 5.41) is 16.7. The maximum Gasteiger partial charge on any atom is 0.125 e. The Kier molecular flexibility index (Phi) is 9.68. The van der Waals surface area contributed by atoms with Crippen LogP contribution in [0.5, 0.6) is 0 Å². The van der Waals surface area contributed by atoms with Crippen molar-refractivity contribution in [2.45, 2.75) is 39.0 Å². The number of fused-ring (bicyclic) bond motifs is 2. The fourth-order valence-corrected chi connectivity index (χ4v) is 6.46. The molecule has 3 aromatic heterocycles. The van der Waals surface area contributed by atoms with Gasteiger partial charge in [-0.25, -0.2) is 4.39 Å². The number of nitrogens with one attached hydrogen (secondary N) is 4.